The molecule has 2 aliphatic heterocycles. The zero-order valence-corrected chi connectivity index (χ0v) is 12.3. The summed E-state index contributed by atoms with van der Waals surface area (Å²) < 4.78 is 0. The lowest BCUT2D eigenvalue weighted by Crippen LogP contribution is -2.42. The van der Waals surface area contributed by atoms with E-state index in [0.717, 1.165) is 45.3 Å². The molecule has 2 atom stereocenters. The van der Waals surface area contributed by atoms with Crippen LogP contribution in [0.2, 0.25) is 0 Å². The standard InChI is InChI=1S/C17H24N2O/c1-13-6-2-3-8-15(13)16-9-5-11-19(16)17(20)14-7-4-10-18-12-14/h2-3,6,8,14,16,18H,4-5,7,9-12H2,1H3/t14-,16?/m1/s1. The maximum absolute atomic E-state index is 12.8. The number of hydrogen-bond acceptors (Lipinski definition) is 2. The molecular weight excluding hydrogens is 248 g/mol. The van der Waals surface area contributed by atoms with Gasteiger partial charge in [0.1, 0.15) is 0 Å². The first-order valence-corrected chi connectivity index (χ1v) is 7.84. The van der Waals surface area contributed by atoms with Crippen molar-refractivity contribution in [2.24, 2.45) is 5.92 Å². The van der Waals surface area contributed by atoms with E-state index in [4.69, 9.17) is 0 Å². The van der Waals surface area contributed by atoms with Gasteiger partial charge in [-0.3, -0.25) is 4.79 Å². The van der Waals surface area contributed by atoms with Crippen molar-refractivity contribution < 1.29 is 4.79 Å². The van der Waals surface area contributed by atoms with Crippen molar-refractivity contribution in [3.8, 4) is 0 Å². The first-order chi connectivity index (χ1) is 9.77. The molecule has 0 aliphatic carbocycles. The average molecular weight is 272 g/mol. The van der Waals surface area contributed by atoms with E-state index in [9.17, 15) is 4.79 Å². The molecule has 1 aromatic carbocycles. The molecular formula is C17H24N2O. The summed E-state index contributed by atoms with van der Waals surface area (Å²) in [4.78, 5) is 14.9. The van der Waals surface area contributed by atoms with E-state index in [2.05, 4.69) is 41.4 Å². The topological polar surface area (TPSA) is 32.3 Å². The zero-order valence-electron chi connectivity index (χ0n) is 12.3. The van der Waals surface area contributed by atoms with Crippen LogP contribution in [0.3, 0.4) is 0 Å². The fourth-order valence-electron chi connectivity index (χ4n) is 3.61. The summed E-state index contributed by atoms with van der Waals surface area (Å²) >= 11 is 0. The Bertz CT molecular complexity index is 480. The molecule has 0 radical (unpaired) electrons. The molecule has 2 heterocycles. The molecule has 3 rings (SSSR count). The van der Waals surface area contributed by atoms with Gasteiger partial charge in [0.15, 0.2) is 0 Å². The molecule has 1 amide bonds. The molecule has 1 unspecified atom stereocenters. The largest absolute Gasteiger partial charge is 0.335 e. The molecule has 3 heteroatoms. The Hall–Kier alpha value is -1.35. The molecule has 1 aromatic rings. The maximum atomic E-state index is 12.8. The molecule has 3 nitrogen and oxygen atoms in total. The predicted molar refractivity (Wildman–Crippen MR) is 80.5 cm³/mol. The molecule has 2 aliphatic rings. The third-order valence-electron chi connectivity index (χ3n) is 4.73. The highest BCUT2D eigenvalue weighted by molar-refractivity contribution is 5.80. The third-order valence-corrected chi connectivity index (χ3v) is 4.73. The second-order valence-electron chi connectivity index (χ2n) is 6.09. The Kier molecular flexibility index (Phi) is 4.06. The van der Waals surface area contributed by atoms with Gasteiger partial charge in [-0.15, -0.1) is 0 Å². The molecule has 108 valence electrons. The smallest absolute Gasteiger partial charge is 0.227 e. The molecule has 2 saturated heterocycles. The van der Waals surface area contributed by atoms with Crippen LogP contribution >= 0.6 is 0 Å². The average Bonchev–Trinajstić information content (AvgIpc) is 2.97. The van der Waals surface area contributed by atoms with Gasteiger partial charge in [-0.1, -0.05) is 24.3 Å². The molecule has 20 heavy (non-hydrogen) atoms. The number of carbonyl (C=O) groups is 1. The van der Waals surface area contributed by atoms with Crippen molar-refractivity contribution in [1.82, 2.24) is 10.2 Å². The Labute approximate surface area is 121 Å². The minimum Gasteiger partial charge on any atom is -0.335 e. The normalized spacial score (nSPS) is 26.8. The highest BCUT2D eigenvalue weighted by atomic mass is 16.2. The van der Waals surface area contributed by atoms with E-state index in [1.807, 2.05) is 0 Å². The van der Waals surface area contributed by atoms with Crippen LogP contribution in [0.15, 0.2) is 24.3 Å². The lowest BCUT2D eigenvalue weighted by molar-refractivity contribution is -0.137. The van der Waals surface area contributed by atoms with Gasteiger partial charge in [0.25, 0.3) is 0 Å². The van der Waals surface area contributed by atoms with Crippen molar-refractivity contribution in [1.29, 1.82) is 0 Å². The van der Waals surface area contributed by atoms with Gasteiger partial charge in [-0.25, -0.2) is 0 Å². The monoisotopic (exact) mass is 272 g/mol. The summed E-state index contributed by atoms with van der Waals surface area (Å²) in [5.74, 6) is 0.552. The Balaban J connectivity index is 1.78. The van der Waals surface area contributed by atoms with Crippen molar-refractivity contribution >= 4 is 5.91 Å². The predicted octanol–water partition coefficient (Wildman–Crippen LogP) is 2.66. The van der Waals surface area contributed by atoms with Crippen LogP contribution in [0.5, 0.6) is 0 Å². The highest BCUT2D eigenvalue weighted by Gasteiger charge is 2.34. The van der Waals surface area contributed by atoms with Gasteiger partial charge in [0.05, 0.1) is 12.0 Å². The SMILES string of the molecule is Cc1ccccc1C1CCCN1C(=O)[C@@H]1CCCNC1. The summed E-state index contributed by atoms with van der Waals surface area (Å²) in [6.07, 6.45) is 4.41. The van der Waals surface area contributed by atoms with Crippen LogP contribution in [0, 0.1) is 12.8 Å². The lowest BCUT2D eigenvalue weighted by atomic mass is 9.95. The first kappa shape index (κ1) is 13.6. The van der Waals surface area contributed by atoms with E-state index in [1.165, 1.54) is 11.1 Å². The Morgan fingerprint density at radius 2 is 2.10 bits per heavy atom. The van der Waals surface area contributed by atoms with Crippen LogP contribution in [-0.4, -0.2) is 30.4 Å². The van der Waals surface area contributed by atoms with Crippen LogP contribution in [0.1, 0.15) is 42.9 Å². The number of benzene rings is 1. The summed E-state index contributed by atoms with van der Waals surface area (Å²) in [5.41, 5.74) is 2.64. The number of hydrogen-bond donors (Lipinski definition) is 1. The fraction of sp³-hybridized carbons (Fsp3) is 0.588. The van der Waals surface area contributed by atoms with Crippen LogP contribution in [0.4, 0.5) is 0 Å². The Morgan fingerprint density at radius 1 is 1.25 bits per heavy atom. The second kappa shape index (κ2) is 5.96. The summed E-state index contributed by atoms with van der Waals surface area (Å²) in [6.45, 7) is 4.99. The molecule has 0 spiro atoms. The second-order valence-corrected chi connectivity index (χ2v) is 6.09. The number of amides is 1. The van der Waals surface area contributed by atoms with Crippen molar-refractivity contribution in [3.05, 3.63) is 35.4 Å². The highest BCUT2D eigenvalue weighted by Crippen LogP contribution is 2.35. The molecule has 0 aromatic heterocycles. The minimum absolute atomic E-state index is 0.188. The lowest BCUT2D eigenvalue weighted by Gasteiger charge is -2.31. The number of aryl methyl sites for hydroxylation is 1. The van der Waals surface area contributed by atoms with Crippen molar-refractivity contribution in [2.75, 3.05) is 19.6 Å². The van der Waals surface area contributed by atoms with Gasteiger partial charge in [-0.2, -0.15) is 0 Å². The maximum Gasteiger partial charge on any atom is 0.227 e. The van der Waals surface area contributed by atoms with Crippen molar-refractivity contribution in [2.45, 2.75) is 38.6 Å². The van der Waals surface area contributed by atoms with E-state index in [0.29, 0.717) is 11.9 Å². The van der Waals surface area contributed by atoms with Crippen LogP contribution < -0.4 is 5.32 Å². The molecule has 0 bridgehead atoms. The Morgan fingerprint density at radius 3 is 2.85 bits per heavy atom. The van der Waals surface area contributed by atoms with Gasteiger partial charge in [-0.05, 0) is 50.3 Å². The van der Waals surface area contributed by atoms with Gasteiger partial charge >= 0.3 is 0 Å². The number of piperidine rings is 1. The zero-order chi connectivity index (χ0) is 13.9. The van der Waals surface area contributed by atoms with Crippen LogP contribution in [-0.2, 0) is 4.79 Å². The number of nitrogens with one attached hydrogen (secondary N) is 1. The first-order valence-electron chi connectivity index (χ1n) is 7.84. The number of rotatable bonds is 2. The number of likely N-dealkylation sites (tertiary alicyclic amines) is 1. The molecule has 0 saturated carbocycles. The van der Waals surface area contributed by atoms with E-state index < -0.39 is 0 Å². The summed E-state index contributed by atoms with van der Waals surface area (Å²) in [7, 11) is 0. The third kappa shape index (κ3) is 2.59. The molecule has 1 N–H and O–H groups in total. The number of nitrogens with zero attached hydrogens (tertiary/aromatic N) is 1. The number of carbonyl (C=O) groups excluding carboxylic acids is 1. The van der Waals surface area contributed by atoms with Gasteiger partial charge in [0.2, 0.25) is 5.91 Å². The minimum atomic E-state index is 0.188. The van der Waals surface area contributed by atoms with E-state index in [-0.39, 0.29) is 5.92 Å². The van der Waals surface area contributed by atoms with Gasteiger partial charge < -0.3 is 10.2 Å². The summed E-state index contributed by atoms with van der Waals surface area (Å²) in [5, 5.41) is 3.36. The van der Waals surface area contributed by atoms with Crippen LogP contribution in [0.25, 0.3) is 0 Å². The van der Waals surface area contributed by atoms with E-state index in [1.54, 1.807) is 0 Å². The molecule has 2 fully saturated rings. The van der Waals surface area contributed by atoms with Gasteiger partial charge in [0, 0.05) is 13.1 Å². The summed E-state index contributed by atoms with van der Waals surface area (Å²) in [6, 6.07) is 8.80. The van der Waals surface area contributed by atoms with E-state index >= 15 is 0 Å². The fourth-order valence-corrected chi connectivity index (χ4v) is 3.61. The van der Waals surface area contributed by atoms with Crippen molar-refractivity contribution in [3.63, 3.8) is 0 Å². The quantitative estimate of drug-likeness (QED) is 0.897.